The van der Waals surface area contributed by atoms with Gasteiger partial charge in [-0.15, -0.1) is 0 Å². The van der Waals surface area contributed by atoms with E-state index in [1.807, 2.05) is 25.1 Å². The molecule has 0 aliphatic carbocycles. The van der Waals surface area contributed by atoms with Crippen LogP contribution in [-0.4, -0.2) is 24.0 Å². The lowest BCUT2D eigenvalue weighted by Crippen LogP contribution is -2.10. The van der Waals surface area contributed by atoms with Crippen molar-refractivity contribution in [2.45, 2.75) is 6.54 Å². The Hall–Kier alpha value is -1.34. The third-order valence-electron chi connectivity index (χ3n) is 1.12. The van der Waals surface area contributed by atoms with Gasteiger partial charge in [-0.3, -0.25) is 0 Å². The molecule has 0 spiro atoms. The van der Waals surface area contributed by atoms with Crippen molar-refractivity contribution in [1.29, 1.82) is 5.26 Å². The first-order chi connectivity index (χ1) is 5.22. The molecule has 1 rings (SSSR count). The molecule has 0 bridgehead atoms. The zero-order valence-corrected chi connectivity index (χ0v) is 6.53. The van der Waals surface area contributed by atoms with Crippen molar-refractivity contribution in [2.75, 3.05) is 14.1 Å². The van der Waals surface area contributed by atoms with Crippen LogP contribution in [-0.2, 0) is 6.54 Å². The Kier molecular flexibility index (Phi) is 2.24. The number of oxazole rings is 1. The zero-order valence-electron chi connectivity index (χ0n) is 6.53. The standard InChI is InChI=1S/C7H9N3O/c1-10(2)4-7-9-6(3-8)5-11-7/h5H,4H2,1-2H3. The second-order valence-electron chi connectivity index (χ2n) is 2.48. The van der Waals surface area contributed by atoms with Gasteiger partial charge in [0.2, 0.25) is 5.89 Å². The van der Waals surface area contributed by atoms with Crippen molar-refractivity contribution in [1.82, 2.24) is 9.88 Å². The van der Waals surface area contributed by atoms with Crippen LogP contribution in [0.1, 0.15) is 11.6 Å². The third-order valence-corrected chi connectivity index (χ3v) is 1.12. The molecule has 0 aliphatic heterocycles. The van der Waals surface area contributed by atoms with Crippen molar-refractivity contribution in [3.8, 4) is 6.07 Å². The number of aromatic nitrogens is 1. The van der Waals surface area contributed by atoms with Gasteiger partial charge in [0, 0.05) is 0 Å². The van der Waals surface area contributed by atoms with E-state index in [1.54, 1.807) is 0 Å². The first-order valence-electron chi connectivity index (χ1n) is 3.21. The molecule has 0 saturated carbocycles. The summed E-state index contributed by atoms with van der Waals surface area (Å²) in [6.07, 6.45) is 1.36. The minimum absolute atomic E-state index is 0.335. The fourth-order valence-corrected chi connectivity index (χ4v) is 0.705. The van der Waals surface area contributed by atoms with E-state index >= 15 is 0 Å². The van der Waals surface area contributed by atoms with Crippen molar-refractivity contribution < 1.29 is 4.42 Å². The second kappa shape index (κ2) is 3.17. The number of hydrogen-bond acceptors (Lipinski definition) is 4. The molecule has 0 aliphatic rings. The van der Waals surface area contributed by atoms with Gasteiger partial charge >= 0.3 is 0 Å². The van der Waals surface area contributed by atoms with Gasteiger partial charge in [-0.2, -0.15) is 5.26 Å². The molecule has 1 aromatic rings. The Labute approximate surface area is 65.1 Å². The first-order valence-corrected chi connectivity index (χ1v) is 3.21. The lowest BCUT2D eigenvalue weighted by Gasteiger charge is -2.03. The lowest BCUT2D eigenvalue weighted by molar-refractivity contribution is 0.341. The van der Waals surface area contributed by atoms with Gasteiger partial charge in [0.1, 0.15) is 12.3 Å². The largest absolute Gasteiger partial charge is 0.446 e. The van der Waals surface area contributed by atoms with Gasteiger partial charge in [-0.1, -0.05) is 0 Å². The average molecular weight is 151 g/mol. The molecule has 0 fully saturated rings. The van der Waals surface area contributed by atoms with E-state index in [2.05, 4.69) is 4.98 Å². The van der Waals surface area contributed by atoms with Gasteiger partial charge in [0.05, 0.1) is 6.54 Å². The Morgan fingerprint density at radius 1 is 1.73 bits per heavy atom. The van der Waals surface area contributed by atoms with Crippen LogP contribution in [0, 0.1) is 11.3 Å². The Morgan fingerprint density at radius 3 is 2.91 bits per heavy atom. The molecule has 0 aromatic carbocycles. The predicted octanol–water partition coefficient (Wildman–Crippen LogP) is 0.608. The van der Waals surface area contributed by atoms with Crippen LogP contribution in [0.3, 0.4) is 0 Å². The maximum absolute atomic E-state index is 8.40. The number of rotatable bonds is 2. The van der Waals surface area contributed by atoms with Crippen LogP contribution in [0.25, 0.3) is 0 Å². The van der Waals surface area contributed by atoms with Gasteiger partial charge in [0.25, 0.3) is 0 Å². The SMILES string of the molecule is CN(C)Cc1nc(C#N)co1. The fraction of sp³-hybridized carbons (Fsp3) is 0.429. The second-order valence-corrected chi connectivity index (χ2v) is 2.48. The minimum atomic E-state index is 0.335. The van der Waals surface area contributed by atoms with Crippen LogP contribution in [0.5, 0.6) is 0 Å². The average Bonchev–Trinajstić information content (AvgIpc) is 2.34. The van der Waals surface area contributed by atoms with E-state index in [4.69, 9.17) is 9.68 Å². The molecule has 0 atom stereocenters. The summed E-state index contributed by atoms with van der Waals surface area (Å²) >= 11 is 0. The van der Waals surface area contributed by atoms with Gasteiger partial charge in [-0.25, -0.2) is 4.98 Å². The van der Waals surface area contributed by atoms with Crippen LogP contribution in [0.4, 0.5) is 0 Å². The van der Waals surface area contributed by atoms with Gasteiger partial charge in [0.15, 0.2) is 5.69 Å². The molecule has 58 valence electrons. The molecule has 11 heavy (non-hydrogen) atoms. The van der Waals surface area contributed by atoms with Crippen LogP contribution in [0.15, 0.2) is 10.7 Å². The molecule has 0 N–H and O–H groups in total. The zero-order chi connectivity index (χ0) is 8.27. The highest BCUT2D eigenvalue weighted by Gasteiger charge is 2.02. The Bertz CT molecular complexity index is 271. The number of hydrogen-bond donors (Lipinski definition) is 0. The minimum Gasteiger partial charge on any atom is -0.446 e. The summed E-state index contributed by atoms with van der Waals surface area (Å²) in [4.78, 5) is 5.82. The molecule has 0 radical (unpaired) electrons. The Morgan fingerprint density at radius 2 is 2.45 bits per heavy atom. The van der Waals surface area contributed by atoms with Crippen molar-refractivity contribution in [3.63, 3.8) is 0 Å². The molecule has 1 aromatic heterocycles. The normalized spacial score (nSPS) is 10.0. The molecule has 1 heterocycles. The molecule has 4 heteroatoms. The van der Waals surface area contributed by atoms with Gasteiger partial charge < -0.3 is 9.32 Å². The molecular formula is C7H9N3O. The summed E-state index contributed by atoms with van der Waals surface area (Å²) in [5.41, 5.74) is 0.335. The summed E-state index contributed by atoms with van der Waals surface area (Å²) < 4.78 is 4.99. The maximum atomic E-state index is 8.40. The fourth-order valence-electron chi connectivity index (χ4n) is 0.705. The molecule has 0 amide bonds. The van der Waals surface area contributed by atoms with Crippen molar-refractivity contribution in [2.24, 2.45) is 0 Å². The van der Waals surface area contributed by atoms with E-state index in [0.717, 1.165) is 0 Å². The summed E-state index contributed by atoms with van der Waals surface area (Å²) in [7, 11) is 3.83. The number of nitriles is 1. The van der Waals surface area contributed by atoms with E-state index in [9.17, 15) is 0 Å². The van der Waals surface area contributed by atoms with Crippen LogP contribution in [0.2, 0.25) is 0 Å². The topological polar surface area (TPSA) is 53.1 Å². The van der Waals surface area contributed by atoms with Crippen LogP contribution < -0.4 is 0 Å². The molecule has 4 nitrogen and oxygen atoms in total. The monoisotopic (exact) mass is 151 g/mol. The van der Waals surface area contributed by atoms with Gasteiger partial charge in [-0.05, 0) is 14.1 Å². The maximum Gasteiger partial charge on any atom is 0.209 e. The van der Waals surface area contributed by atoms with E-state index in [1.165, 1.54) is 6.26 Å². The highest BCUT2D eigenvalue weighted by atomic mass is 16.3. The molecule has 0 unspecified atom stereocenters. The molecular weight excluding hydrogens is 142 g/mol. The summed E-state index contributed by atoms with van der Waals surface area (Å²) in [6.45, 7) is 0.627. The highest BCUT2D eigenvalue weighted by Crippen LogP contribution is 2.01. The third kappa shape index (κ3) is 2.06. The summed E-state index contributed by atoms with van der Waals surface area (Å²) in [5.74, 6) is 0.576. The smallest absolute Gasteiger partial charge is 0.209 e. The van der Waals surface area contributed by atoms with E-state index in [-0.39, 0.29) is 0 Å². The summed E-state index contributed by atoms with van der Waals surface area (Å²) in [6, 6.07) is 1.90. The lowest BCUT2D eigenvalue weighted by atomic mass is 10.5. The van der Waals surface area contributed by atoms with Crippen molar-refractivity contribution in [3.05, 3.63) is 17.8 Å². The highest BCUT2D eigenvalue weighted by molar-refractivity contribution is 5.14. The van der Waals surface area contributed by atoms with Crippen molar-refractivity contribution >= 4 is 0 Å². The Balaban J connectivity index is 2.67. The predicted molar refractivity (Wildman–Crippen MR) is 38.6 cm³/mol. The first kappa shape index (κ1) is 7.76. The number of nitrogens with zero attached hydrogens (tertiary/aromatic N) is 3. The summed E-state index contributed by atoms with van der Waals surface area (Å²) in [5, 5.41) is 8.40. The van der Waals surface area contributed by atoms with E-state index in [0.29, 0.717) is 18.1 Å². The van der Waals surface area contributed by atoms with E-state index < -0.39 is 0 Å². The van der Waals surface area contributed by atoms with Crippen LogP contribution >= 0.6 is 0 Å². The quantitative estimate of drug-likeness (QED) is 0.621. The molecule has 0 saturated heterocycles.